The second-order valence-corrected chi connectivity index (χ2v) is 9.16. The van der Waals surface area contributed by atoms with Crippen molar-refractivity contribution >= 4 is 39.1 Å². The molecule has 0 unspecified atom stereocenters. The standard InChI is InChI=1S/C19H18Cl2N4O3S/c1-10-5-6-16(15(21)7-10)25-13(4)18(22-24-25)19(26)23-29(27,28)17-9-11(2)14(20)8-12(17)3/h5-9H,1-4H3,(H,23,26). The highest BCUT2D eigenvalue weighted by molar-refractivity contribution is 7.90. The molecule has 0 aliphatic heterocycles. The van der Waals surface area contributed by atoms with Crippen LogP contribution in [-0.2, 0) is 10.0 Å². The van der Waals surface area contributed by atoms with Gasteiger partial charge in [0.25, 0.3) is 15.9 Å². The highest BCUT2D eigenvalue weighted by atomic mass is 35.5. The molecule has 152 valence electrons. The first-order chi connectivity index (χ1) is 13.5. The highest BCUT2D eigenvalue weighted by Crippen LogP contribution is 2.25. The Balaban J connectivity index is 1.94. The Morgan fingerprint density at radius 3 is 2.34 bits per heavy atom. The van der Waals surface area contributed by atoms with Crippen LogP contribution in [0, 0.1) is 27.7 Å². The molecule has 0 saturated carbocycles. The predicted molar refractivity (Wildman–Crippen MR) is 111 cm³/mol. The van der Waals surface area contributed by atoms with Crippen LogP contribution in [0.1, 0.15) is 32.9 Å². The summed E-state index contributed by atoms with van der Waals surface area (Å²) in [5, 5.41) is 8.68. The van der Waals surface area contributed by atoms with Crippen molar-refractivity contribution < 1.29 is 13.2 Å². The van der Waals surface area contributed by atoms with E-state index in [9.17, 15) is 13.2 Å². The van der Waals surface area contributed by atoms with Gasteiger partial charge in [-0.15, -0.1) is 5.10 Å². The molecule has 1 aromatic heterocycles. The Hall–Kier alpha value is -2.42. The van der Waals surface area contributed by atoms with Crippen molar-refractivity contribution in [2.24, 2.45) is 0 Å². The largest absolute Gasteiger partial charge is 0.287 e. The summed E-state index contributed by atoms with van der Waals surface area (Å²) in [6, 6.07) is 8.31. The van der Waals surface area contributed by atoms with E-state index in [4.69, 9.17) is 23.2 Å². The number of carbonyl (C=O) groups is 1. The first-order valence-corrected chi connectivity index (χ1v) is 10.8. The van der Waals surface area contributed by atoms with Gasteiger partial charge in [-0.3, -0.25) is 4.79 Å². The zero-order valence-corrected chi connectivity index (χ0v) is 18.4. The Bertz CT molecular complexity index is 1240. The van der Waals surface area contributed by atoms with E-state index in [0.29, 0.717) is 32.6 Å². The molecule has 0 fully saturated rings. The zero-order valence-electron chi connectivity index (χ0n) is 16.1. The van der Waals surface area contributed by atoms with E-state index in [1.807, 2.05) is 17.7 Å². The maximum absolute atomic E-state index is 12.7. The molecule has 1 N–H and O–H groups in total. The van der Waals surface area contributed by atoms with Crippen molar-refractivity contribution in [3.63, 3.8) is 0 Å². The number of sulfonamides is 1. The van der Waals surface area contributed by atoms with Crippen LogP contribution in [0.5, 0.6) is 0 Å². The summed E-state index contributed by atoms with van der Waals surface area (Å²) in [4.78, 5) is 12.6. The predicted octanol–water partition coefficient (Wildman–Crippen LogP) is 3.93. The van der Waals surface area contributed by atoms with Gasteiger partial charge in [-0.25, -0.2) is 17.8 Å². The average Bonchev–Trinajstić information content (AvgIpc) is 2.99. The summed E-state index contributed by atoms with van der Waals surface area (Å²) < 4.78 is 28.9. The van der Waals surface area contributed by atoms with Gasteiger partial charge in [0.1, 0.15) is 0 Å². The summed E-state index contributed by atoms with van der Waals surface area (Å²) in [6.07, 6.45) is 0. The van der Waals surface area contributed by atoms with E-state index in [0.717, 1.165) is 5.56 Å². The van der Waals surface area contributed by atoms with E-state index in [2.05, 4.69) is 10.3 Å². The van der Waals surface area contributed by atoms with Crippen LogP contribution in [-0.4, -0.2) is 29.3 Å². The topological polar surface area (TPSA) is 93.9 Å². The van der Waals surface area contributed by atoms with Crippen molar-refractivity contribution in [2.45, 2.75) is 32.6 Å². The summed E-state index contributed by atoms with van der Waals surface area (Å²) in [6.45, 7) is 6.79. The van der Waals surface area contributed by atoms with Crippen LogP contribution in [0.25, 0.3) is 5.69 Å². The first kappa shape index (κ1) is 21.3. The summed E-state index contributed by atoms with van der Waals surface area (Å²) in [5.74, 6) is -0.885. The van der Waals surface area contributed by atoms with Gasteiger partial charge in [-0.2, -0.15) is 0 Å². The number of nitrogens with one attached hydrogen (secondary N) is 1. The lowest BCUT2D eigenvalue weighted by Gasteiger charge is -2.11. The fourth-order valence-corrected chi connectivity index (χ4v) is 4.62. The smallest absolute Gasteiger partial charge is 0.266 e. The maximum atomic E-state index is 12.7. The van der Waals surface area contributed by atoms with Gasteiger partial charge in [-0.1, -0.05) is 34.5 Å². The molecule has 3 aromatic rings. The second-order valence-electron chi connectivity index (χ2n) is 6.69. The van der Waals surface area contributed by atoms with Gasteiger partial charge < -0.3 is 0 Å². The number of aryl methyl sites for hydroxylation is 3. The molecule has 0 aliphatic carbocycles. The van der Waals surface area contributed by atoms with Crippen molar-refractivity contribution in [3.05, 3.63) is 68.5 Å². The number of aromatic nitrogens is 3. The average molecular weight is 453 g/mol. The number of rotatable bonds is 4. The number of halogens is 2. The van der Waals surface area contributed by atoms with Crippen LogP contribution in [0.3, 0.4) is 0 Å². The van der Waals surface area contributed by atoms with Crippen molar-refractivity contribution in [2.75, 3.05) is 0 Å². The third-order valence-corrected chi connectivity index (χ3v) is 6.60. The van der Waals surface area contributed by atoms with Crippen LogP contribution in [0.15, 0.2) is 35.2 Å². The van der Waals surface area contributed by atoms with Gasteiger partial charge >= 0.3 is 0 Å². The fourth-order valence-electron chi connectivity index (χ4n) is 2.82. The minimum absolute atomic E-state index is 0.0284. The molecule has 3 rings (SSSR count). The molecule has 7 nitrogen and oxygen atoms in total. The van der Waals surface area contributed by atoms with Crippen molar-refractivity contribution in [1.29, 1.82) is 0 Å². The van der Waals surface area contributed by atoms with Crippen LogP contribution in [0.2, 0.25) is 10.0 Å². The molecule has 0 saturated heterocycles. The Morgan fingerprint density at radius 2 is 1.69 bits per heavy atom. The molecular weight excluding hydrogens is 435 g/mol. The number of nitrogens with zero attached hydrogens (tertiary/aromatic N) is 3. The van der Waals surface area contributed by atoms with E-state index in [1.165, 1.54) is 16.8 Å². The third kappa shape index (κ3) is 4.14. The van der Waals surface area contributed by atoms with Gasteiger partial charge in [0.2, 0.25) is 0 Å². The lowest BCUT2D eigenvalue weighted by molar-refractivity contribution is 0.0976. The zero-order chi connectivity index (χ0) is 21.5. The van der Waals surface area contributed by atoms with Crippen molar-refractivity contribution in [1.82, 2.24) is 19.7 Å². The summed E-state index contributed by atoms with van der Waals surface area (Å²) in [5.41, 5.74) is 2.75. The molecule has 0 bridgehead atoms. The van der Waals surface area contributed by atoms with Crippen LogP contribution in [0.4, 0.5) is 0 Å². The fraction of sp³-hybridized carbons (Fsp3) is 0.211. The molecule has 0 atom stereocenters. The molecule has 0 aliphatic rings. The van der Waals surface area contributed by atoms with E-state index >= 15 is 0 Å². The molecule has 2 aromatic carbocycles. The highest BCUT2D eigenvalue weighted by Gasteiger charge is 2.25. The van der Waals surface area contributed by atoms with Crippen molar-refractivity contribution in [3.8, 4) is 5.69 Å². The number of benzene rings is 2. The van der Waals surface area contributed by atoms with E-state index < -0.39 is 15.9 Å². The summed E-state index contributed by atoms with van der Waals surface area (Å²) >= 11 is 12.3. The monoisotopic (exact) mass is 452 g/mol. The summed E-state index contributed by atoms with van der Waals surface area (Å²) in [7, 11) is -4.12. The molecule has 0 spiro atoms. The molecule has 10 heteroatoms. The minimum Gasteiger partial charge on any atom is -0.266 e. The lowest BCUT2D eigenvalue weighted by Crippen LogP contribution is -2.32. The molecule has 1 heterocycles. The number of carbonyl (C=O) groups excluding carboxylic acids is 1. The van der Waals surface area contributed by atoms with Crippen LogP contribution < -0.4 is 4.72 Å². The van der Waals surface area contributed by atoms with Gasteiger partial charge in [0.15, 0.2) is 5.69 Å². The third-order valence-electron chi connectivity index (χ3n) is 4.41. The van der Waals surface area contributed by atoms with Gasteiger partial charge in [-0.05, 0) is 68.7 Å². The van der Waals surface area contributed by atoms with Gasteiger partial charge in [0.05, 0.1) is 21.3 Å². The lowest BCUT2D eigenvalue weighted by atomic mass is 10.2. The molecular formula is C19H18Cl2N4O3S. The SMILES string of the molecule is Cc1ccc(-n2nnc(C(=O)NS(=O)(=O)c3cc(C)c(Cl)cc3C)c2C)c(Cl)c1. The van der Waals surface area contributed by atoms with Crippen LogP contribution >= 0.6 is 23.2 Å². The number of amides is 1. The Morgan fingerprint density at radius 1 is 1.00 bits per heavy atom. The van der Waals surface area contributed by atoms with Gasteiger partial charge in [0, 0.05) is 5.02 Å². The molecule has 1 amide bonds. The van der Waals surface area contributed by atoms with E-state index in [-0.39, 0.29) is 10.6 Å². The normalized spacial score (nSPS) is 11.5. The maximum Gasteiger partial charge on any atom is 0.287 e. The minimum atomic E-state index is -4.12. The number of hydrogen-bond donors (Lipinski definition) is 1. The second kappa shape index (κ2) is 7.78. The number of hydrogen-bond acceptors (Lipinski definition) is 5. The quantitative estimate of drug-likeness (QED) is 0.646. The van der Waals surface area contributed by atoms with E-state index in [1.54, 1.807) is 32.9 Å². The first-order valence-electron chi connectivity index (χ1n) is 8.54. The molecule has 29 heavy (non-hydrogen) atoms. The Labute approximate surface area is 178 Å². The Kier molecular flexibility index (Phi) is 5.71. The molecule has 0 radical (unpaired) electrons.